The van der Waals surface area contributed by atoms with Crippen molar-refractivity contribution in [2.75, 3.05) is 7.11 Å². The van der Waals surface area contributed by atoms with Crippen molar-refractivity contribution in [1.29, 1.82) is 0 Å². The SMILES string of the molecule is C=C(C)/C=C/CC(C)C(=O)OC. The molecule has 68 valence electrons. The lowest BCUT2D eigenvalue weighted by atomic mass is 10.1. The molecule has 0 aliphatic heterocycles. The minimum atomic E-state index is -0.165. The minimum absolute atomic E-state index is 0.0643. The molecule has 0 fully saturated rings. The zero-order valence-corrected chi connectivity index (χ0v) is 7.96. The normalized spacial score (nSPS) is 12.9. The van der Waals surface area contributed by atoms with E-state index in [0.29, 0.717) is 6.42 Å². The Hall–Kier alpha value is -1.05. The van der Waals surface area contributed by atoms with Crippen molar-refractivity contribution in [2.24, 2.45) is 5.92 Å². The maximum Gasteiger partial charge on any atom is 0.308 e. The number of hydrogen-bond donors (Lipinski definition) is 0. The Morgan fingerprint density at radius 3 is 2.67 bits per heavy atom. The average molecular weight is 168 g/mol. The van der Waals surface area contributed by atoms with Crippen LogP contribution in [-0.2, 0) is 9.53 Å². The fourth-order valence-electron chi connectivity index (χ4n) is 0.771. The monoisotopic (exact) mass is 168 g/mol. The number of carbonyl (C=O) groups excluding carboxylic acids is 1. The third kappa shape index (κ3) is 4.72. The van der Waals surface area contributed by atoms with E-state index in [1.807, 2.05) is 26.0 Å². The molecule has 0 aromatic rings. The van der Waals surface area contributed by atoms with Crippen LogP contribution in [0.5, 0.6) is 0 Å². The number of carbonyl (C=O) groups is 1. The van der Waals surface area contributed by atoms with Gasteiger partial charge in [0.25, 0.3) is 0 Å². The van der Waals surface area contributed by atoms with Gasteiger partial charge in [0.1, 0.15) is 0 Å². The van der Waals surface area contributed by atoms with Crippen molar-refractivity contribution in [3.05, 3.63) is 24.3 Å². The molecule has 0 aromatic heterocycles. The molecular weight excluding hydrogens is 152 g/mol. The first kappa shape index (κ1) is 11.0. The van der Waals surface area contributed by atoms with E-state index in [-0.39, 0.29) is 11.9 Å². The molecule has 1 atom stereocenters. The van der Waals surface area contributed by atoms with Gasteiger partial charge in [0.15, 0.2) is 0 Å². The molecule has 0 spiro atoms. The van der Waals surface area contributed by atoms with Crippen molar-refractivity contribution in [2.45, 2.75) is 20.3 Å². The van der Waals surface area contributed by atoms with E-state index in [0.717, 1.165) is 5.57 Å². The second kappa shape index (κ2) is 5.58. The van der Waals surface area contributed by atoms with Gasteiger partial charge in [-0.05, 0) is 13.3 Å². The molecule has 0 aromatic carbocycles. The number of hydrogen-bond acceptors (Lipinski definition) is 2. The van der Waals surface area contributed by atoms with Crippen LogP contribution < -0.4 is 0 Å². The van der Waals surface area contributed by atoms with E-state index in [9.17, 15) is 4.79 Å². The van der Waals surface area contributed by atoms with Crippen LogP contribution in [0.25, 0.3) is 0 Å². The predicted octanol–water partition coefficient (Wildman–Crippen LogP) is 2.32. The van der Waals surface area contributed by atoms with E-state index < -0.39 is 0 Å². The number of allylic oxidation sites excluding steroid dienone is 3. The molecule has 1 unspecified atom stereocenters. The summed E-state index contributed by atoms with van der Waals surface area (Å²) >= 11 is 0. The Balaban J connectivity index is 3.78. The Bertz CT molecular complexity index is 192. The van der Waals surface area contributed by atoms with Crippen molar-refractivity contribution in [3.63, 3.8) is 0 Å². The molecule has 0 saturated carbocycles. The minimum Gasteiger partial charge on any atom is -0.469 e. The Labute approximate surface area is 73.9 Å². The molecule has 0 saturated heterocycles. The molecule has 0 N–H and O–H groups in total. The van der Waals surface area contributed by atoms with Gasteiger partial charge in [-0.2, -0.15) is 0 Å². The first-order chi connectivity index (χ1) is 5.57. The summed E-state index contributed by atoms with van der Waals surface area (Å²) in [7, 11) is 1.40. The van der Waals surface area contributed by atoms with Gasteiger partial charge < -0.3 is 4.74 Å². The van der Waals surface area contributed by atoms with E-state index in [2.05, 4.69) is 11.3 Å². The molecule has 0 rings (SSSR count). The van der Waals surface area contributed by atoms with Crippen molar-refractivity contribution < 1.29 is 9.53 Å². The van der Waals surface area contributed by atoms with Gasteiger partial charge in [-0.1, -0.05) is 31.2 Å². The van der Waals surface area contributed by atoms with Gasteiger partial charge >= 0.3 is 5.97 Å². The number of ether oxygens (including phenoxy) is 1. The molecule has 0 aliphatic carbocycles. The highest BCUT2D eigenvalue weighted by molar-refractivity contribution is 5.71. The fourth-order valence-corrected chi connectivity index (χ4v) is 0.771. The fraction of sp³-hybridized carbons (Fsp3) is 0.500. The van der Waals surface area contributed by atoms with E-state index in [4.69, 9.17) is 0 Å². The van der Waals surface area contributed by atoms with E-state index in [1.54, 1.807) is 0 Å². The zero-order valence-electron chi connectivity index (χ0n) is 7.96. The standard InChI is InChI=1S/C10H16O2/c1-8(2)6-5-7-9(3)10(11)12-4/h5-6,9H,1,7H2,2-4H3/b6-5+. The van der Waals surface area contributed by atoms with Crippen LogP contribution in [0.2, 0.25) is 0 Å². The molecule has 0 radical (unpaired) electrons. The summed E-state index contributed by atoms with van der Waals surface area (Å²) in [6.07, 6.45) is 4.54. The van der Waals surface area contributed by atoms with Crippen LogP contribution in [0.15, 0.2) is 24.3 Å². The molecular formula is C10H16O2. The highest BCUT2D eigenvalue weighted by atomic mass is 16.5. The van der Waals surface area contributed by atoms with Crippen LogP contribution in [0, 0.1) is 5.92 Å². The molecule has 12 heavy (non-hydrogen) atoms. The summed E-state index contributed by atoms with van der Waals surface area (Å²) < 4.78 is 4.57. The third-order valence-electron chi connectivity index (χ3n) is 1.50. The van der Waals surface area contributed by atoms with Crippen molar-refractivity contribution >= 4 is 5.97 Å². The molecule has 0 bridgehead atoms. The average Bonchev–Trinajstić information content (AvgIpc) is 2.02. The Morgan fingerprint density at radius 1 is 1.67 bits per heavy atom. The summed E-state index contributed by atoms with van der Waals surface area (Å²) in [6, 6.07) is 0. The van der Waals surface area contributed by atoms with Gasteiger partial charge in [-0.15, -0.1) is 0 Å². The smallest absolute Gasteiger partial charge is 0.308 e. The van der Waals surface area contributed by atoms with Crippen LogP contribution in [-0.4, -0.2) is 13.1 Å². The molecule has 2 nitrogen and oxygen atoms in total. The molecule has 0 amide bonds. The first-order valence-corrected chi connectivity index (χ1v) is 3.97. The second-order valence-corrected chi connectivity index (χ2v) is 2.91. The third-order valence-corrected chi connectivity index (χ3v) is 1.50. The number of rotatable bonds is 4. The summed E-state index contributed by atoms with van der Waals surface area (Å²) in [5, 5.41) is 0. The van der Waals surface area contributed by atoms with Crippen LogP contribution >= 0.6 is 0 Å². The van der Waals surface area contributed by atoms with Crippen LogP contribution in [0.4, 0.5) is 0 Å². The largest absolute Gasteiger partial charge is 0.469 e. The molecule has 2 heteroatoms. The highest BCUT2D eigenvalue weighted by Gasteiger charge is 2.09. The van der Waals surface area contributed by atoms with Gasteiger partial charge in [-0.25, -0.2) is 0 Å². The summed E-state index contributed by atoms with van der Waals surface area (Å²) in [6.45, 7) is 7.47. The predicted molar refractivity (Wildman–Crippen MR) is 49.8 cm³/mol. The van der Waals surface area contributed by atoms with Gasteiger partial charge in [0.2, 0.25) is 0 Å². The maximum atomic E-state index is 10.9. The lowest BCUT2D eigenvalue weighted by Gasteiger charge is -2.04. The van der Waals surface area contributed by atoms with Gasteiger partial charge in [0.05, 0.1) is 13.0 Å². The highest BCUT2D eigenvalue weighted by Crippen LogP contribution is 2.05. The number of esters is 1. The van der Waals surface area contributed by atoms with E-state index in [1.165, 1.54) is 7.11 Å². The molecule has 0 heterocycles. The van der Waals surface area contributed by atoms with Gasteiger partial charge in [-0.3, -0.25) is 4.79 Å². The topological polar surface area (TPSA) is 26.3 Å². The van der Waals surface area contributed by atoms with Gasteiger partial charge in [0, 0.05) is 0 Å². The Morgan fingerprint density at radius 2 is 2.25 bits per heavy atom. The van der Waals surface area contributed by atoms with E-state index >= 15 is 0 Å². The van der Waals surface area contributed by atoms with Crippen molar-refractivity contribution in [3.8, 4) is 0 Å². The summed E-state index contributed by atoms with van der Waals surface area (Å²) in [5.74, 6) is -0.230. The quantitative estimate of drug-likeness (QED) is 0.475. The Kier molecular flexibility index (Phi) is 5.09. The summed E-state index contributed by atoms with van der Waals surface area (Å²) in [5.41, 5.74) is 0.993. The van der Waals surface area contributed by atoms with Crippen LogP contribution in [0.1, 0.15) is 20.3 Å². The van der Waals surface area contributed by atoms with Crippen molar-refractivity contribution in [1.82, 2.24) is 0 Å². The van der Waals surface area contributed by atoms with Crippen LogP contribution in [0.3, 0.4) is 0 Å². The lowest BCUT2D eigenvalue weighted by Crippen LogP contribution is -2.11. The zero-order chi connectivity index (χ0) is 9.56. The number of methoxy groups -OCH3 is 1. The summed E-state index contributed by atoms with van der Waals surface area (Å²) in [4.78, 5) is 10.9. The second-order valence-electron chi connectivity index (χ2n) is 2.91. The maximum absolute atomic E-state index is 10.9. The first-order valence-electron chi connectivity index (χ1n) is 3.97. The molecule has 0 aliphatic rings. The lowest BCUT2D eigenvalue weighted by molar-refractivity contribution is -0.144.